The number of benzene rings is 2. The lowest BCUT2D eigenvalue weighted by Gasteiger charge is -2.17. The molecule has 0 radical (unpaired) electrons. The van der Waals surface area contributed by atoms with Crippen molar-refractivity contribution in [1.82, 2.24) is 0 Å². The zero-order valence-electron chi connectivity index (χ0n) is 13.0. The summed E-state index contributed by atoms with van der Waals surface area (Å²) in [6.07, 6.45) is 5.82. The molecule has 2 aromatic rings. The van der Waals surface area contributed by atoms with Crippen molar-refractivity contribution in [3.05, 3.63) is 60.2 Å². The molecule has 1 heterocycles. The molecule has 0 spiro atoms. The highest BCUT2D eigenvalue weighted by atomic mass is 16.1. The van der Waals surface area contributed by atoms with Crippen LogP contribution in [0.3, 0.4) is 0 Å². The minimum absolute atomic E-state index is 0.143. The van der Waals surface area contributed by atoms with Crippen LogP contribution in [0.25, 0.3) is 6.08 Å². The molecule has 1 fully saturated rings. The fraction of sp³-hybridized carbons (Fsp3) is 0.211. The molecule has 3 N–H and O–H groups in total. The summed E-state index contributed by atoms with van der Waals surface area (Å²) in [4.78, 5) is 14.3. The predicted octanol–water partition coefficient (Wildman–Crippen LogP) is 3.52. The van der Waals surface area contributed by atoms with Crippen molar-refractivity contribution >= 4 is 29.0 Å². The normalized spacial score (nSPS) is 14.3. The minimum Gasteiger partial charge on any atom is -0.399 e. The second-order valence-corrected chi connectivity index (χ2v) is 5.73. The Hall–Kier alpha value is -2.75. The van der Waals surface area contributed by atoms with Crippen LogP contribution in [0, 0.1) is 0 Å². The number of rotatable bonds is 4. The third-order valence-corrected chi connectivity index (χ3v) is 3.97. The van der Waals surface area contributed by atoms with Gasteiger partial charge in [0, 0.05) is 36.2 Å². The number of amides is 1. The van der Waals surface area contributed by atoms with Crippen molar-refractivity contribution in [2.75, 3.05) is 29.0 Å². The summed E-state index contributed by atoms with van der Waals surface area (Å²) in [5, 5.41) is 2.87. The largest absolute Gasteiger partial charge is 0.399 e. The number of nitrogens with zero attached hydrogens (tertiary/aromatic N) is 1. The van der Waals surface area contributed by atoms with Gasteiger partial charge in [0.15, 0.2) is 0 Å². The first-order valence-electron chi connectivity index (χ1n) is 7.90. The van der Waals surface area contributed by atoms with Gasteiger partial charge in [-0.25, -0.2) is 0 Å². The van der Waals surface area contributed by atoms with Crippen LogP contribution < -0.4 is 16.0 Å². The average molecular weight is 307 g/mol. The van der Waals surface area contributed by atoms with Crippen LogP contribution in [0.1, 0.15) is 18.4 Å². The lowest BCUT2D eigenvalue weighted by atomic mass is 10.2. The first-order valence-corrected chi connectivity index (χ1v) is 7.90. The Morgan fingerprint density at radius 2 is 1.65 bits per heavy atom. The van der Waals surface area contributed by atoms with E-state index in [1.807, 2.05) is 36.4 Å². The van der Waals surface area contributed by atoms with E-state index in [1.54, 1.807) is 6.08 Å². The molecule has 0 aromatic heterocycles. The van der Waals surface area contributed by atoms with Crippen LogP contribution in [0.5, 0.6) is 0 Å². The monoisotopic (exact) mass is 307 g/mol. The second-order valence-electron chi connectivity index (χ2n) is 5.73. The summed E-state index contributed by atoms with van der Waals surface area (Å²) in [5.74, 6) is -0.143. The molecule has 0 atom stereocenters. The van der Waals surface area contributed by atoms with Crippen molar-refractivity contribution in [1.29, 1.82) is 0 Å². The maximum Gasteiger partial charge on any atom is 0.248 e. The van der Waals surface area contributed by atoms with Crippen LogP contribution in [0.4, 0.5) is 17.1 Å². The molecular formula is C19H21N3O. The van der Waals surface area contributed by atoms with Gasteiger partial charge in [-0.3, -0.25) is 4.79 Å². The van der Waals surface area contributed by atoms with E-state index >= 15 is 0 Å². The Morgan fingerprint density at radius 3 is 2.30 bits per heavy atom. The van der Waals surface area contributed by atoms with Gasteiger partial charge >= 0.3 is 0 Å². The molecule has 23 heavy (non-hydrogen) atoms. The number of carbonyl (C=O) groups is 1. The first kappa shape index (κ1) is 15.2. The number of carbonyl (C=O) groups excluding carboxylic acids is 1. The fourth-order valence-electron chi connectivity index (χ4n) is 2.69. The number of hydrogen-bond acceptors (Lipinski definition) is 3. The van der Waals surface area contributed by atoms with E-state index in [4.69, 9.17) is 5.73 Å². The molecule has 4 nitrogen and oxygen atoms in total. The van der Waals surface area contributed by atoms with E-state index in [1.165, 1.54) is 24.6 Å². The van der Waals surface area contributed by atoms with Crippen LogP contribution >= 0.6 is 0 Å². The van der Waals surface area contributed by atoms with Crippen LogP contribution in [-0.4, -0.2) is 19.0 Å². The number of anilines is 3. The number of nitrogens with one attached hydrogen (secondary N) is 1. The molecule has 1 aliphatic heterocycles. The Kier molecular flexibility index (Phi) is 4.62. The Morgan fingerprint density at radius 1 is 1.00 bits per heavy atom. The molecule has 0 aliphatic carbocycles. The van der Waals surface area contributed by atoms with E-state index in [0.717, 1.165) is 24.3 Å². The maximum absolute atomic E-state index is 12.0. The van der Waals surface area contributed by atoms with E-state index < -0.39 is 0 Å². The van der Waals surface area contributed by atoms with Gasteiger partial charge in [0.1, 0.15) is 0 Å². The van der Waals surface area contributed by atoms with Gasteiger partial charge in [-0.05, 0) is 60.9 Å². The molecule has 4 heteroatoms. The Labute approximate surface area is 136 Å². The molecule has 1 amide bonds. The highest BCUT2D eigenvalue weighted by Gasteiger charge is 2.11. The molecule has 0 unspecified atom stereocenters. The minimum atomic E-state index is -0.143. The highest BCUT2D eigenvalue weighted by molar-refractivity contribution is 6.02. The third-order valence-electron chi connectivity index (χ3n) is 3.97. The zero-order valence-corrected chi connectivity index (χ0v) is 13.0. The Balaban J connectivity index is 1.57. The highest BCUT2D eigenvalue weighted by Crippen LogP contribution is 2.22. The van der Waals surface area contributed by atoms with Gasteiger partial charge in [-0.1, -0.05) is 12.1 Å². The summed E-state index contributed by atoms with van der Waals surface area (Å²) in [6, 6.07) is 15.4. The van der Waals surface area contributed by atoms with Gasteiger partial charge in [0.05, 0.1) is 0 Å². The van der Waals surface area contributed by atoms with Crippen molar-refractivity contribution in [3.63, 3.8) is 0 Å². The van der Waals surface area contributed by atoms with E-state index in [9.17, 15) is 4.79 Å². The second kappa shape index (κ2) is 7.01. The van der Waals surface area contributed by atoms with E-state index in [2.05, 4.69) is 22.3 Å². The summed E-state index contributed by atoms with van der Waals surface area (Å²) in [7, 11) is 0. The van der Waals surface area contributed by atoms with Crippen LogP contribution in [-0.2, 0) is 4.79 Å². The molecular weight excluding hydrogens is 286 g/mol. The lowest BCUT2D eigenvalue weighted by molar-refractivity contribution is -0.111. The molecule has 2 aromatic carbocycles. The smallest absolute Gasteiger partial charge is 0.248 e. The van der Waals surface area contributed by atoms with E-state index in [0.29, 0.717) is 5.69 Å². The summed E-state index contributed by atoms with van der Waals surface area (Å²) >= 11 is 0. The fourth-order valence-corrected chi connectivity index (χ4v) is 2.69. The SMILES string of the molecule is Nc1ccc(/C=C/C(=O)Nc2ccc(N3CCCC3)cc2)cc1. The van der Waals surface area contributed by atoms with Crippen LogP contribution in [0.15, 0.2) is 54.6 Å². The van der Waals surface area contributed by atoms with Gasteiger partial charge in [-0.15, -0.1) is 0 Å². The lowest BCUT2D eigenvalue weighted by Crippen LogP contribution is -2.17. The number of nitrogen functional groups attached to an aromatic ring is 1. The first-order chi connectivity index (χ1) is 11.2. The summed E-state index contributed by atoms with van der Waals surface area (Å²) < 4.78 is 0. The topological polar surface area (TPSA) is 58.4 Å². The maximum atomic E-state index is 12.0. The molecule has 1 saturated heterocycles. The quantitative estimate of drug-likeness (QED) is 0.671. The number of hydrogen-bond donors (Lipinski definition) is 2. The summed E-state index contributed by atoms with van der Waals surface area (Å²) in [6.45, 7) is 2.24. The van der Waals surface area contributed by atoms with Gasteiger partial charge < -0.3 is 16.0 Å². The van der Waals surface area contributed by atoms with Gasteiger partial charge in [-0.2, -0.15) is 0 Å². The number of nitrogens with two attached hydrogens (primary N) is 1. The van der Waals surface area contributed by atoms with Crippen LogP contribution in [0.2, 0.25) is 0 Å². The van der Waals surface area contributed by atoms with Crippen molar-refractivity contribution < 1.29 is 4.79 Å². The molecule has 3 rings (SSSR count). The van der Waals surface area contributed by atoms with Gasteiger partial charge in [0.2, 0.25) is 5.91 Å². The van der Waals surface area contributed by atoms with Crippen molar-refractivity contribution in [2.45, 2.75) is 12.8 Å². The third kappa shape index (κ3) is 4.13. The molecule has 118 valence electrons. The van der Waals surface area contributed by atoms with Gasteiger partial charge in [0.25, 0.3) is 0 Å². The molecule has 1 aliphatic rings. The predicted molar refractivity (Wildman–Crippen MR) is 96.4 cm³/mol. The average Bonchev–Trinajstić information content (AvgIpc) is 3.09. The summed E-state index contributed by atoms with van der Waals surface area (Å²) in [5.41, 5.74) is 9.32. The van der Waals surface area contributed by atoms with Crippen molar-refractivity contribution in [2.24, 2.45) is 0 Å². The zero-order chi connectivity index (χ0) is 16.1. The molecule has 0 saturated carbocycles. The van der Waals surface area contributed by atoms with E-state index in [-0.39, 0.29) is 5.91 Å². The standard InChI is InChI=1S/C19H21N3O/c20-16-6-3-15(4-7-16)5-12-19(23)21-17-8-10-18(11-9-17)22-13-1-2-14-22/h3-12H,1-2,13-14,20H2,(H,21,23)/b12-5+. The van der Waals surface area contributed by atoms with Crippen molar-refractivity contribution in [3.8, 4) is 0 Å². The molecule has 0 bridgehead atoms. The Bertz CT molecular complexity index is 684.